The summed E-state index contributed by atoms with van der Waals surface area (Å²) in [6, 6.07) is 4.01. The summed E-state index contributed by atoms with van der Waals surface area (Å²) in [5, 5.41) is 6.29. The van der Waals surface area contributed by atoms with Crippen LogP contribution in [0.3, 0.4) is 0 Å². The van der Waals surface area contributed by atoms with Gasteiger partial charge in [-0.1, -0.05) is 19.4 Å². The average Bonchev–Trinajstić information content (AvgIpc) is 2.55. The minimum absolute atomic E-state index is 0.0739. The average molecular weight is 232 g/mol. The van der Waals surface area contributed by atoms with Crippen LogP contribution in [0.25, 0.3) is 0 Å². The van der Waals surface area contributed by atoms with E-state index < -0.39 is 0 Å². The van der Waals surface area contributed by atoms with E-state index in [-0.39, 0.29) is 11.9 Å². The van der Waals surface area contributed by atoms with Crippen LogP contribution < -0.4 is 10.6 Å². The molecule has 17 heavy (non-hydrogen) atoms. The summed E-state index contributed by atoms with van der Waals surface area (Å²) >= 11 is 0. The number of hydrogen-bond acceptors (Lipinski definition) is 2. The van der Waals surface area contributed by atoms with E-state index in [1.54, 1.807) is 0 Å². The molecule has 0 fully saturated rings. The van der Waals surface area contributed by atoms with Gasteiger partial charge in [0, 0.05) is 11.3 Å². The number of aryl methyl sites for hydroxylation is 2. The first-order valence-electron chi connectivity index (χ1n) is 6.29. The van der Waals surface area contributed by atoms with Crippen LogP contribution in [0.4, 0.5) is 5.69 Å². The number of anilines is 1. The number of benzene rings is 1. The number of rotatable bonds is 4. The second-order valence-electron chi connectivity index (χ2n) is 4.77. The SMILES string of the molecule is CCCCNC1C(=O)Nc2cc(C)cc(C)c21. The van der Waals surface area contributed by atoms with Gasteiger partial charge in [0.1, 0.15) is 6.04 Å². The summed E-state index contributed by atoms with van der Waals surface area (Å²) in [7, 11) is 0. The zero-order chi connectivity index (χ0) is 12.4. The molecule has 3 nitrogen and oxygen atoms in total. The highest BCUT2D eigenvalue weighted by Gasteiger charge is 2.31. The Morgan fingerprint density at radius 2 is 2.12 bits per heavy atom. The third kappa shape index (κ3) is 2.34. The Labute approximate surface area is 103 Å². The zero-order valence-electron chi connectivity index (χ0n) is 10.8. The molecule has 0 saturated carbocycles. The lowest BCUT2D eigenvalue weighted by Crippen LogP contribution is -2.28. The largest absolute Gasteiger partial charge is 0.324 e. The molecule has 0 aliphatic carbocycles. The molecule has 1 aliphatic rings. The van der Waals surface area contributed by atoms with Crippen LogP contribution in [-0.4, -0.2) is 12.5 Å². The third-order valence-electron chi connectivity index (χ3n) is 3.22. The van der Waals surface area contributed by atoms with Crippen LogP contribution in [0.1, 0.15) is 42.5 Å². The topological polar surface area (TPSA) is 41.1 Å². The van der Waals surface area contributed by atoms with Gasteiger partial charge in [-0.2, -0.15) is 0 Å². The molecule has 0 radical (unpaired) electrons. The molecular weight excluding hydrogens is 212 g/mol. The minimum Gasteiger partial charge on any atom is -0.324 e. The van der Waals surface area contributed by atoms with Gasteiger partial charge in [-0.05, 0) is 44.0 Å². The Morgan fingerprint density at radius 3 is 2.82 bits per heavy atom. The van der Waals surface area contributed by atoms with Gasteiger partial charge in [-0.25, -0.2) is 0 Å². The number of carbonyl (C=O) groups excluding carboxylic acids is 1. The Morgan fingerprint density at radius 1 is 1.35 bits per heavy atom. The molecule has 2 rings (SSSR count). The summed E-state index contributed by atoms with van der Waals surface area (Å²) in [5.41, 5.74) is 4.47. The van der Waals surface area contributed by atoms with E-state index in [9.17, 15) is 4.79 Å². The van der Waals surface area contributed by atoms with E-state index in [1.165, 1.54) is 11.1 Å². The molecular formula is C14H20N2O. The molecule has 0 spiro atoms. The molecule has 0 saturated heterocycles. The highest BCUT2D eigenvalue weighted by atomic mass is 16.2. The van der Waals surface area contributed by atoms with Gasteiger partial charge in [0.15, 0.2) is 0 Å². The molecule has 1 aromatic rings. The van der Waals surface area contributed by atoms with Crippen LogP contribution in [0, 0.1) is 13.8 Å². The van der Waals surface area contributed by atoms with E-state index in [0.29, 0.717) is 0 Å². The van der Waals surface area contributed by atoms with Crippen molar-refractivity contribution in [2.45, 2.75) is 39.7 Å². The third-order valence-corrected chi connectivity index (χ3v) is 3.22. The van der Waals surface area contributed by atoms with Crippen molar-refractivity contribution in [2.24, 2.45) is 0 Å². The summed E-state index contributed by atoms with van der Waals surface area (Å²) in [6.45, 7) is 7.16. The van der Waals surface area contributed by atoms with Gasteiger partial charge in [0.05, 0.1) is 0 Å². The highest BCUT2D eigenvalue weighted by molar-refractivity contribution is 6.03. The Kier molecular flexibility index (Phi) is 3.48. The second-order valence-corrected chi connectivity index (χ2v) is 4.77. The lowest BCUT2D eigenvalue weighted by Gasteiger charge is -2.13. The number of fused-ring (bicyclic) bond motifs is 1. The van der Waals surface area contributed by atoms with Crippen LogP contribution in [0.15, 0.2) is 12.1 Å². The normalized spacial score (nSPS) is 18.1. The first-order chi connectivity index (χ1) is 8.13. The van der Waals surface area contributed by atoms with Crippen molar-refractivity contribution >= 4 is 11.6 Å². The number of unbranched alkanes of at least 4 members (excludes halogenated alkanes) is 1. The number of nitrogens with one attached hydrogen (secondary N) is 2. The Balaban J connectivity index is 2.24. The van der Waals surface area contributed by atoms with E-state index >= 15 is 0 Å². The fourth-order valence-electron chi connectivity index (χ4n) is 2.42. The predicted octanol–water partition coefficient (Wildman–Crippen LogP) is 2.69. The maximum absolute atomic E-state index is 11.9. The van der Waals surface area contributed by atoms with Crippen molar-refractivity contribution in [1.82, 2.24) is 5.32 Å². The molecule has 1 aliphatic heterocycles. The molecule has 92 valence electrons. The van der Waals surface area contributed by atoms with Gasteiger partial charge < -0.3 is 10.6 Å². The monoisotopic (exact) mass is 232 g/mol. The zero-order valence-corrected chi connectivity index (χ0v) is 10.8. The van der Waals surface area contributed by atoms with E-state index in [2.05, 4.69) is 37.5 Å². The molecule has 1 aromatic carbocycles. The first-order valence-corrected chi connectivity index (χ1v) is 6.29. The summed E-state index contributed by atoms with van der Waals surface area (Å²) < 4.78 is 0. The van der Waals surface area contributed by atoms with Gasteiger partial charge in [0.2, 0.25) is 5.91 Å². The van der Waals surface area contributed by atoms with Crippen LogP contribution in [0.5, 0.6) is 0 Å². The highest BCUT2D eigenvalue weighted by Crippen LogP contribution is 2.34. The minimum atomic E-state index is -0.169. The van der Waals surface area contributed by atoms with E-state index in [4.69, 9.17) is 0 Å². The summed E-state index contributed by atoms with van der Waals surface area (Å²) in [4.78, 5) is 11.9. The van der Waals surface area contributed by atoms with Gasteiger partial charge in [-0.3, -0.25) is 4.79 Å². The maximum atomic E-state index is 11.9. The molecule has 3 heteroatoms. The molecule has 1 atom stereocenters. The fourth-order valence-corrected chi connectivity index (χ4v) is 2.42. The maximum Gasteiger partial charge on any atom is 0.246 e. The second kappa shape index (κ2) is 4.88. The first kappa shape index (κ1) is 12.1. The van der Waals surface area contributed by atoms with Crippen molar-refractivity contribution in [3.63, 3.8) is 0 Å². The van der Waals surface area contributed by atoms with Crippen molar-refractivity contribution < 1.29 is 4.79 Å². The lowest BCUT2D eigenvalue weighted by atomic mass is 10.00. The molecule has 0 aromatic heterocycles. The van der Waals surface area contributed by atoms with Gasteiger partial charge in [0.25, 0.3) is 0 Å². The standard InChI is InChI=1S/C14H20N2O/c1-4-5-6-15-13-12-10(3)7-9(2)8-11(12)16-14(13)17/h7-8,13,15H,4-6H2,1-3H3,(H,16,17). The van der Waals surface area contributed by atoms with Gasteiger partial charge in [-0.15, -0.1) is 0 Å². The van der Waals surface area contributed by atoms with E-state index in [0.717, 1.165) is 30.6 Å². The summed E-state index contributed by atoms with van der Waals surface area (Å²) in [5.74, 6) is 0.0739. The smallest absolute Gasteiger partial charge is 0.246 e. The lowest BCUT2D eigenvalue weighted by molar-refractivity contribution is -0.117. The fraction of sp³-hybridized carbons (Fsp3) is 0.500. The van der Waals surface area contributed by atoms with Crippen LogP contribution in [0.2, 0.25) is 0 Å². The van der Waals surface area contributed by atoms with Gasteiger partial charge >= 0.3 is 0 Å². The Hall–Kier alpha value is -1.35. The number of hydrogen-bond donors (Lipinski definition) is 2. The molecule has 0 bridgehead atoms. The molecule has 1 unspecified atom stereocenters. The van der Waals surface area contributed by atoms with Crippen molar-refractivity contribution in [2.75, 3.05) is 11.9 Å². The predicted molar refractivity (Wildman–Crippen MR) is 70.2 cm³/mol. The van der Waals surface area contributed by atoms with Crippen molar-refractivity contribution in [3.05, 3.63) is 28.8 Å². The number of carbonyl (C=O) groups is 1. The van der Waals surface area contributed by atoms with Crippen LogP contribution in [-0.2, 0) is 4.79 Å². The number of amides is 1. The molecule has 1 amide bonds. The molecule has 2 N–H and O–H groups in total. The Bertz CT molecular complexity index is 440. The quantitative estimate of drug-likeness (QED) is 0.784. The summed E-state index contributed by atoms with van der Waals surface area (Å²) in [6.07, 6.45) is 2.24. The van der Waals surface area contributed by atoms with Crippen LogP contribution >= 0.6 is 0 Å². The van der Waals surface area contributed by atoms with E-state index in [1.807, 2.05) is 6.07 Å². The van der Waals surface area contributed by atoms with Crippen molar-refractivity contribution in [3.8, 4) is 0 Å². The van der Waals surface area contributed by atoms with Crippen molar-refractivity contribution in [1.29, 1.82) is 0 Å². The molecule has 1 heterocycles.